The molecule has 0 radical (unpaired) electrons. The van der Waals surface area contributed by atoms with Gasteiger partial charge in [-0.2, -0.15) is 10.4 Å². The van der Waals surface area contributed by atoms with Gasteiger partial charge in [-0.3, -0.25) is 5.43 Å². The third kappa shape index (κ3) is 1.18. The lowest BCUT2D eigenvalue weighted by Crippen LogP contribution is -2.23. The topological polar surface area (TPSA) is 51.4 Å². The Hall–Kier alpha value is -1.24. The highest BCUT2D eigenvalue weighted by atomic mass is 15.5. The van der Waals surface area contributed by atoms with Gasteiger partial charge in [0.25, 0.3) is 0 Å². The minimum absolute atomic E-state index is 0.534. The van der Waals surface area contributed by atoms with Crippen LogP contribution in [0.5, 0.6) is 0 Å². The van der Waals surface area contributed by atoms with Gasteiger partial charge in [0.15, 0.2) is 6.19 Å². The summed E-state index contributed by atoms with van der Waals surface area (Å²) in [5.41, 5.74) is 2.75. The summed E-state index contributed by atoms with van der Waals surface area (Å²) >= 11 is 0. The molecule has 0 bridgehead atoms. The fraction of sp³-hybridized carbons (Fsp3) is 0.667. The van der Waals surface area contributed by atoms with Gasteiger partial charge in [-0.05, 0) is 6.42 Å². The summed E-state index contributed by atoms with van der Waals surface area (Å²) in [6.45, 7) is 2.60. The van der Waals surface area contributed by atoms with Gasteiger partial charge in [0, 0.05) is 6.42 Å². The number of hydrogen-bond donors (Lipinski definition) is 1. The zero-order valence-corrected chi connectivity index (χ0v) is 5.96. The van der Waals surface area contributed by atoms with Crippen LogP contribution in [0.25, 0.3) is 0 Å². The van der Waals surface area contributed by atoms with Crippen LogP contribution in [0.1, 0.15) is 19.8 Å². The highest BCUT2D eigenvalue weighted by molar-refractivity contribution is 5.84. The van der Waals surface area contributed by atoms with E-state index in [4.69, 9.17) is 5.26 Å². The molecule has 0 fully saturated rings. The van der Waals surface area contributed by atoms with Crippen LogP contribution in [-0.2, 0) is 0 Å². The Morgan fingerprint density at radius 2 is 2.70 bits per heavy atom. The molecule has 1 aliphatic rings. The molecule has 0 aromatic heterocycles. The summed E-state index contributed by atoms with van der Waals surface area (Å²) in [5.74, 6) is 0.852. The van der Waals surface area contributed by atoms with E-state index in [9.17, 15) is 0 Å². The van der Waals surface area contributed by atoms with Gasteiger partial charge in [-0.15, -0.1) is 0 Å². The maximum absolute atomic E-state index is 8.52. The smallest absolute Gasteiger partial charge is 0.187 e. The van der Waals surface area contributed by atoms with E-state index in [-0.39, 0.29) is 0 Å². The Bertz CT molecular complexity index is 179. The third-order valence-corrected chi connectivity index (χ3v) is 1.34. The average Bonchev–Trinajstić information content (AvgIpc) is 2.36. The van der Waals surface area contributed by atoms with Crippen molar-refractivity contribution < 1.29 is 0 Å². The van der Waals surface area contributed by atoms with Gasteiger partial charge < -0.3 is 0 Å². The fourth-order valence-corrected chi connectivity index (χ4v) is 0.856. The van der Waals surface area contributed by atoms with Crippen LogP contribution in [0.2, 0.25) is 0 Å². The Kier molecular flexibility index (Phi) is 2.11. The lowest BCUT2D eigenvalue weighted by molar-refractivity contribution is 0.558. The highest BCUT2D eigenvalue weighted by Crippen LogP contribution is 2.01. The van der Waals surface area contributed by atoms with Crippen molar-refractivity contribution in [2.75, 3.05) is 6.67 Å². The van der Waals surface area contributed by atoms with Gasteiger partial charge in [0.2, 0.25) is 0 Å². The molecule has 1 aliphatic heterocycles. The van der Waals surface area contributed by atoms with Crippen LogP contribution >= 0.6 is 0 Å². The predicted molar refractivity (Wildman–Crippen MR) is 37.8 cm³/mol. The number of amidine groups is 1. The number of nitrogens with zero attached hydrogens (tertiary/aromatic N) is 3. The van der Waals surface area contributed by atoms with E-state index in [0.29, 0.717) is 6.67 Å². The molecule has 0 aliphatic carbocycles. The van der Waals surface area contributed by atoms with Crippen molar-refractivity contribution in [2.24, 2.45) is 5.10 Å². The van der Waals surface area contributed by atoms with E-state index in [1.165, 1.54) is 0 Å². The van der Waals surface area contributed by atoms with Crippen molar-refractivity contribution in [3.05, 3.63) is 0 Å². The first-order valence-corrected chi connectivity index (χ1v) is 3.35. The molecule has 4 heteroatoms. The van der Waals surface area contributed by atoms with Crippen molar-refractivity contribution in [2.45, 2.75) is 19.8 Å². The lowest BCUT2D eigenvalue weighted by Gasteiger charge is -2.05. The molecule has 0 saturated heterocycles. The predicted octanol–water partition coefficient (Wildman–Crippen LogP) is 0.444. The van der Waals surface area contributed by atoms with E-state index in [1.54, 1.807) is 4.90 Å². The molecule has 4 nitrogen and oxygen atoms in total. The van der Waals surface area contributed by atoms with E-state index >= 15 is 0 Å². The largest absolute Gasteiger partial charge is 0.288 e. The molecule has 10 heavy (non-hydrogen) atoms. The molecule has 1 N–H and O–H groups in total. The van der Waals surface area contributed by atoms with Crippen molar-refractivity contribution in [1.29, 1.82) is 5.26 Å². The van der Waals surface area contributed by atoms with Crippen LogP contribution in [0, 0.1) is 11.5 Å². The maximum Gasteiger partial charge on any atom is 0.187 e. The number of hydrazone groups is 1. The zero-order chi connectivity index (χ0) is 7.40. The van der Waals surface area contributed by atoms with Crippen LogP contribution in [0.15, 0.2) is 5.10 Å². The first kappa shape index (κ1) is 6.87. The number of rotatable bonds is 2. The molecule has 54 valence electrons. The zero-order valence-electron chi connectivity index (χ0n) is 5.96. The van der Waals surface area contributed by atoms with E-state index in [1.807, 2.05) is 6.19 Å². The molecule has 0 aromatic rings. The first-order valence-electron chi connectivity index (χ1n) is 3.35. The maximum atomic E-state index is 8.52. The molecule has 0 aromatic carbocycles. The summed E-state index contributed by atoms with van der Waals surface area (Å²) in [4.78, 5) is 1.56. The van der Waals surface area contributed by atoms with Crippen LogP contribution in [-0.4, -0.2) is 17.4 Å². The van der Waals surface area contributed by atoms with Gasteiger partial charge in [0.05, 0.1) is 0 Å². The molecular formula is C6H10N4. The second kappa shape index (κ2) is 3.06. The summed E-state index contributed by atoms with van der Waals surface area (Å²) in [6, 6.07) is 0. The van der Waals surface area contributed by atoms with Gasteiger partial charge in [0.1, 0.15) is 12.5 Å². The van der Waals surface area contributed by atoms with Crippen LogP contribution in [0.3, 0.4) is 0 Å². The van der Waals surface area contributed by atoms with E-state index in [2.05, 4.69) is 17.5 Å². The molecule has 1 heterocycles. The number of nitrogens with one attached hydrogen (secondary N) is 1. The van der Waals surface area contributed by atoms with Crippen molar-refractivity contribution in [3.8, 4) is 6.19 Å². The van der Waals surface area contributed by atoms with Crippen LogP contribution in [0.4, 0.5) is 0 Å². The van der Waals surface area contributed by atoms with Crippen molar-refractivity contribution in [3.63, 3.8) is 0 Å². The number of nitriles is 1. The van der Waals surface area contributed by atoms with Gasteiger partial charge in [-0.1, -0.05) is 6.92 Å². The monoisotopic (exact) mass is 138 g/mol. The second-order valence-corrected chi connectivity index (χ2v) is 2.12. The lowest BCUT2D eigenvalue weighted by atomic mass is 10.3. The fourth-order valence-electron chi connectivity index (χ4n) is 0.856. The molecule has 0 spiro atoms. The standard InChI is InChI=1S/C6H10N4/c1-2-3-6-9-8-5-10(6)4-7/h8H,2-3,5H2,1H3. The SMILES string of the molecule is CCCC1=NNCN1C#N. The molecule has 0 saturated carbocycles. The summed E-state index contributed by atoms with van der Waals surface area (Å²) in [5, 5.41) is 12.5. The highest BCUT2D eigenvalue weighted by Gasteiger charge is 2.13. The minimum atomic E-state index is 0.534. The summed E-state index contributed by atoms with van der Waals surface area (Å²) in [7, 11) is 0. The molecule has 1 rings (SSSR count). The first-order chi connectivity index (χ1) is 4.88. The van der Waals surface area contributed by atoms with E-state index < -0.39 is 0 Å². The Labute approximate surface area is 60.1 Å². The van der Waals surface area contributed by atoms with E-state index in [0.717, 1.165) is 18.7 Å². The molecule has 0 unspecified atom stereocenters. The van der Waals surface area contributed by atoms with Gasteiger partial charge >= 0.3 is 0 Å². The minimum Gasteiger partial charge on any atom is -0.288 e. The normalized spacial score (nSPS) is 16.0. The number of hydrogen-bond acceptors (Lipinski definition) is 4. The quantitative estimate of drug-likeness (QED) is 0.563. The summed E-state index contributed by atoms with van der Waals surface area (Å²) in [6.07, 6.45) is 3.94. The third-order valence-electron chi connectivity index (χ3n) is 1.34. The average molecular weight is 138 g/mol. The molecule has 0 amide bonds. The van der Waals surface area contributed by atoms with Crippen molar-refractivity contribution >= 4 is 5.84 Å². The Balaban J connectivity index is 2.50. The second-order valence-electron chi connectivity index (χ2n) is 2.12. The van der Waals surface area contributed by atoms with Gasteiger partial charge in [-0.25, -0.2) is 4.90 Å². The Morgan fingerprint density at radius 3 is 3.30 bits per heavy atom. The Morgan fingerprint density at radius 1 is 1.90 bits per heavy atom. The summed E-state index contributed by atoms with van der Waals surface area (Å²) < 4.78 is 0. The van der Waals surface area contributed by atoms with Crippen molar-refractivity contribution in [1.82, 2.24) is 10.3 Å². The van der Waals surface area contributed by atoms with Crippen LogP contribution < -0.4 is 5.43 Å². The molecule has 0 atom stereocenters. The molecular weight excluding hydrogens is 128 g/mol.